The summed E-state index contributed by atoms with van der Waals surface area (Å²) in [5.74, 6) is 0.252. The lowest BCUT2D eigenvalue weighted by atomic mass is 9.92. The third-order valence-corrected chi connectivity index (χ3v) is 4.84. The van der Waals surface area contributed by atoms with Crippen LogP contribution in [-0.4, -0.2) is 17.3 Å². The average Bonchev–Trinajstić information content (AvgIpc) is 2.61. The first kappa shape index (κ1) is 14.2. The predicted molar refractivity (Wildman–Crippen MR) is 73.9 cm³/mol. The van der Waals surface area contributed by atoms with Crippen molar-refractivity contribution < 1.29 is 5.11 Å². The smallest absolute Gasteiger partial charge is 0.0766 e. The molecule has 16 heavy (non-hydrogen) atoms. The number of rotatable bonds is 5. The Balaban J connectivity index is 2.50. The van der Waals surface area contributed by atoms with Gasteiger partial charge in [0.15, 0.2) is 0 Å². The lowest BCUT2D eigenvalue weighted by Crippen LogP contribution is -2.42. The van der Waals surface area contributed by atoms with E-state index in [0.29, 0.717) is 6.54 Å². The highest BCUT2D eigenvalue weighted by atomic mass is 79.9. The third-order valence-electron chi connectivity index (χ3n) is 3.03. The third kappa shape index (κ3) is 3.84. The van der Waals surface area contributed by atoms with E-state index in [2.05, 4.69) is 40.3 Å². The van der Waals surface area contributed by atoms with Gasteiger partial charge in [-0.25, -0.2) is 0 Å². The van der Waals surface area contributed by atoms with E-state index in [-0.39, 0.29) is 12.0 Å². The average molecular weight is 306 g/mol. The lowest BCUT2D eigenvalue weighted by Gasteiger charge is -2.29. The Bertz CT molecular complexity index is 336. The molecule has 2 nitrogen and oxygen atoms in total. The Kier molecular flexibility index (Phi) is 4.98. The summed E-state index contributed by atoms with van der Waals surface area (Å²) in [4.78, 5) is 1.28. The second kappa shape index (κ2) is 5.63. The Labute approximate surface area is 110 Å². The van der Waals surface area contributed by atoms with Crippen molar-refractivity contribution in [2.24, 2.45) is 5.92 Å². The van der Waals surface area contributed by atoms with Gasteiger partial charge in [0.05, 0.1) is 9.39 Å². The molecule has 0 aliphatic rings. The van der Waals surface area contributed by atoms with Crippen molar-refractivity contribution in [2.75, 3.05) is 6.54 Å². The molecule has 0 radical (unpaired) electrons. The summed E-state index contributed by atoms with van der Waals surface area (Å²) in [5.41, 5.74) is -0.650. The molecule has 1 aromatic rings. The molecule has 0 fully saturated rings. The topological polar surface area (TPSA) is 32.3 Å². The van der Waals surface area contributed by atoms with Crippen molar-refractivity contribution >= 4 is 27.3 Å². The van der Waals surface area contributed by atoms with Crippen LogP contribution in [-0.2, 0) is 0 Å². The summed E-state index contributed by atoms with van der Waals surface area (Å²) in [6.45, 7) is 8.68. The number of halogens is 1. The van der Waals surface area contributed by atoms with Crippen LogP contribution in [0.2, 0.25) is 0 Å². The summed E-state index contributed by atoms with van der Waals surface area (Å²) in [6, 6.07) is 4.44. The monoisotopic (exact) mass is 305 g/mol. The zero-order valence-corrected chi connectivity index (χ0v) is 12.7. The Hall–Kier alpha value is 0.1000. The number of hydrogen-bond donors (Lipinski definition) is 2. The number of hydrogen-bond acceptors (Lipinski definition) is 3. The van der Waals surface area contributed by atoms with E-state index in [1.165, 1.54) is 4.88 Å². The van der Waals surface area contributed by atoms with Gasteiger partial charge < -0.3 is 10.4 Å². The minimum absolute atomic E-state index is 0.252. The van der Waals surface area contributed by atoms with Gasteiger partial charge in [-0.1, -0.05) is 13.8 Å². The highest BCUT2D eigenvalue weighted by Crippen LogP contribution is 2.27. The standard InChI is InChI=1S/C12H20BrNOS/c1-8(2)12(4,15)7-14-9(3)10-5-6-11(13)16-10/h5-6,8-9,14-15H,7H2,1-4H3. The summed E-state index contributed by atoms with van der Waals surface area (Å²) >= 11 is 5.18. The fraction of sp³-hybridized carbons (Fsp3) is 0.667. The highest BCUT2D eigenvalue weighted by molar-refractivity contribution is 9.11. The van der Waals surface area contributed by atoms with E-state index in [4.69, 9.17) is 0 Å². The van der Waals surface area contributed by atoms with Gasteiger partial charge in [0, 0.05) is 17.5 Å². The summed E-state index contributed by atoms with van der Waals surface area (Å²) in [7, 11) is 0. The van der Waals surface area contributed by atoms with E-state index in [9.17, 15) is 5.11 Å². The quantitative estimate of drug-likeness (QED) is 0.871. The maximum absolute atomic E-state index is 10.1. The molecule has 0 aliphatic carbocycles. The van der Waals surface area contributed by atoms with Gasteiger partial charge in [-0.3, -0.25) is 0 Å². The SMILES string of the molecule is CC(NCC(C)(O)C(C)C)c1ccc(Br)s1. The summed E-state index contributed by atoms with van der Waals surface area (Å²) in [6.07, 6.45) is 0. The molecule has 2 unspecified atom stereocenters. The molecule has 0 spiro atoms. The van der Waals surface area contributed by atoms with Crippen LogP contribution in [0.4, 0.5) is 0 Å². The van der Waals surface area contributed by atoms with Gasteiger partial charge in [-0.05, 0) is 47.8 Å². The number of thiophene rings is 1. The van der Waals surface area contributed by atoms with Crippen molar-refractivity contribution in [3.05, 3.63) is 20.8 Å². The van der Waals surface area contributed by atoms with E-state index in [1.54, 1.807) is 11.3 Å². The van der Waals surface area contributed by atoms with E-state index >= 15 is 0 Å². The molecule has 2 N–H and O–H groups in total. The Morgan fingerprint density at radius 3 is 2.50 bits per heavy atom. The van der Waals surface area contributed by atoms with Gasteiger partial charge in [0.1, 0.15) is 0 Å². The molecule has 0 aromatic carbocycles. The van der Waals surface area contributed by atoms with Gasteiger partial charge in [0.2, 0.25) is 0 Å². The van der Waals surface area contributed by atoms with Gasteiger partial charge in [-0.2, -0.15) is 0 Å². The Morgan fingerprint density at radius 2 is 2.06 bits per heavy atom. The molecule has 1 heterocycles. The first-order chi connectivity index (χ1) is 7.33. The molecular weight excluding hydrogens is 286 g/mol. The maximum Gasteiger partial charge on any atom is 0.0766 e. The highest BCUT2D eigenvalue weighted by Gasteiger charge is 2.25. The van der Waals surface area contributed by atoms with Crippen molar-refractivity contribution in [1.82, 2.24) is 5.32 Å². The molecule has 1 aromatic heterocycles. The normalized spacial score (nSPS) is 17.4. The van der Waals surface area contributed by atoms with Crippen LogP contribution in [0.1, 0.15) is 38.6 Å². The summed E-state index contributed by atoms with van der Waals surface area (Å²) in [5, 5.41) is 13.5. The first-order valence-corrected chi connectivity index (χ1v) is 7.15. The van der Waals surface area contributed by atoms with Crippen LogP contribution >= 0.6 is 27.3 Å². The molecule has 4 heteroatoms. The van der Waals surface area contributed by atoms with E-state index in [1.807, 2.05) is 20.8 Å². The largest absolute Gasteiger partial charge is 0.389 e. The second-order valence-electron chi connectivity index (χ2n) is 4.76. The second-order valence-corrected chi connectivity index (χ2v) is 7.25. The molecular formula is C12H20BrNOS. The number of aliphatic hydroxyl groups is 1. The van der Waals surface area contributed by atoms with Gasteiger partial charge >= 0.3 is 0 Å². The molecule has 0 aliphatic heterocycles. The van der Waals surface area contributed by atoms with Crippen molar-refractivity contribution in [3.63, 3.8) is 0 Å². The molecule has 0 saturated carbocycles. The molecule has 1 rings (SSSR count). The minimum atomic E-state index is -0.650. The van der Waals surface area contributed by atoms with Crippen molar-refractivity contribution in [3.8, 4) is 0 Å². The predicted octanol–water partition coefficient (Wildman–Crippen LogP) is 3.57. The Morgan fingerprint density at radius 1 is 1.44 bits per heavy atom. The van der Waals surface area contributed by atoms with Gasteiger partial charge in [0.25, 0.3) is 0 Å². The molecule has 92 valence electrons. The van der Waals surface area contributed by atoms with Crippen molar-refractivity contribution in [1.29, 1.82) is 0 Å². The molecule has 0 saturated heterocycles. The van der Waals surface area contributed by atoms with Crippen LogP contribution in [0.3, 0.4) is 0 Å². The number of nitrogens with one attached hydrogen (secondary N) is 1. The van der Waals surface area contributed by atoms with Gasteiger partial charge in [-0.15, -0.1) is 11.3 Å². The fourth-order valence-electron chi connectivity index (χ4n) is 1.23. The first-order valence-electron chi connectivity index (χ1n) is 5.54. The zero-order chi connectivity index (χ0) is 12.3. The minimum Gasteiger partial charge on any atom is -0.389 e. The van der Waals surface area contributed by atoms with Crippen LogP contribution in [0.5, 0.6) is 0 Å². The molecule has 0 amide bonds. The summed E-state index contributed by atoms with van der Waals surface area (Å²) < 4.78 is 1.15. The van der Waals surface area contributed by atoms with E-state index < -0.39 is 5.60 Å². The zero-order valence-electron chi connectivity index (χ0n) is 10.2. The lowest BCUT2D eigenvalue weighted by molar-refractivity contribution is 0.0123. The van der Waals surface area contributed by atoms with E-state index in [0.717, 1.165) is 3.79 Å². The molecule has 2 atom stereocenters. The van der Waals surface area contributed by atoms with Crippen LogP contribution in [0.15, 0.2) is 15.9 Å². The van der Waals surface area contributed by atoms with Crippen LogP contribution < -0.4 is 5.32 Å². The molecule has 0 bridgehead atoms. The van der Waals surface area contributed by atoms with Crippen molar-refractivity contribution in [2.45, 2.75) is 39.3 Å². The van der Waals surface area contributed by atoms with Crippen LogP contribution in [0, 0.1) is 5.92 Å². The van der Waals surface area contributed by atoms with Crippen LogP contribution in [0.25, 0.3) is 0 Å². The fourth-order valence-corrected chi connectivity index (χ4v) is 2.68. The maximum atomic E-state index is 10.1.